The zero-order chi connectivity index (χ0) is 27.6. The van der Waals surface area contributed by atoms with Crippen molar-refractivity contribution >= 4 is 17.2 Å². The second-order valence-corrected chi connectivity index (χ2v) is 9.78. The maximum atomic E-state index is 11.7. The standard InChI is InChI=1S/C30H28N8O2/c1-21(39)35-9-11-36(12-10-35)29-8-5-23(15-32-29)28-13-24(20-38-30(28)25(14-31)16-34-38)26-17-33-37(19-26)18-22-3-6-27(40-2)7-4-22/h3-8,13,15-17,19-20H,9-12,18H2,1-2H3. The summed E-state index contributed by atoms with van der Waals surface area (Å²) in [5.74, 6) is 1.79. The fourth-order valence-electron chi connectivity index (χ4n) is 5.08. The maximum absolute atomic E-state index is 11.7. The zero-order valence-electron chi connectivity index (χ0n) is 22.4. The lowest BCUT2D eigenvalue weighted by Crippen LogP contribution is -2.48. The van der Waals surface area contributed by atoms with Crippen molar-refractivity contribution in [2.45, 2.75) is 13.5 Å². The lowest BCUT2D eigenvalue weighted by atomic mass is 10.0. The highest BCUT2D eigenvalue weighted by molar-refractivity contribution is 5.87. The highest BCUT2D eigenvalue weighted by atomic mass is 16.5. The summed E-state index contributed by atoms with van der Waals surface area (Å²) >= 11 is 0. The first-order valence-electron chi connectivity index (χ1n) is 13.1. The van der Waals surface area contributed by atoms with Crippen LogP contribution >= 0.6 is 0 Å². The van der Waals surface area contributed by atoms with Crippen molar-refractivity contribution in [1.29, 1.82) is 5.26 Å². The molecular formula is C30H28N8O2. The summed E-state index contributed by atoms with van der Waals surface area (Å²) < 4.78 is 8.90. The fraction of sp³-hybridized carbons (Fsp3) is 0.233. The van der Waals surface area contributed by atoms with Crippen molar-refractivity contribution in [2.24, 2.45) is 0 Å². The molecule has 0 saturated carbocycles. The molecule has 4 aromatic heterocycles. The van der Waals surface area contributed by atoms with Gasteiger partial charge in [0.05, 0.1) is 37.1 Å². The molecule has 1 amide bonds. The van der Waals surface area contributed by atoms with Crippen LogP contribution in [0.3, 0.4) is 0 Å². The second-order valence-electron chi connectivity index (χ2n) is 9.78. The average Bonchev–Trinajstić information content (AvgIpc) is 3.64. The molecule has 1 aliphatic rings. The quantitative estimate of drug-likeness (QED) is 0.327. The summed E-state index contributed by atoms with van der Waals surface area (Å²) in [6.45, 7) is 5.10. The van der Waals surface area contributed by atoms with Crippen LogP contribution in [0, 0.1) is 11.3 Å². The van der Waals surface area contributed by atoms with E-state index < -0.39 is 0 Å². The highest BCUT2D eigenvalue weighted by Gasteiger charge is 2.20. The van der Waals surface area contributed by atoms with Crippen molar-refractivity contribution in [1.82, 2.24) is 29.3 Å². The van der Waals surface area contributed by atoms with Gasteiger partial charge in [-0.05, 0) is 35.9 Å². The Morgan fingerprint density at radius 3 is 2.42 bits per heavy atom. The number of aromatic nitrogens is 5. The molecule has 0 unspecified atom stereocenters. The maximum Gasteiger partial charge on any atom is 0.219 e. The van der Waals surface area contributed by atoms with Crippen molar-refractivity contribution in [3.63, 3.8) is 0 Å². The molecule has 0 bridgehead atoms. The van der Waals surface area contributed by atoms with Gasteiger partial charge in [0.2, 0.25) is 5.91 Å². The lowest BCUT2D eigenvalue weighted by Gasteiger charge is -2.34. The van der Waals surface area contributed by atoms with Gasteiger partial charge in [0.15, 0.2) is 0 Å². The van der Waals surface area contributed by atoms with Gasteiger partial charge in [-0.25, -0.2) is 9.50 Å². The monoisotopic (exact) mass is 532 g/mol. The van der Waals surface area contributed by atoms with E-state index in [1.165, 1.54) is 0 Å². The summed E-state index contributed by atoms with van der Waals surface area (Å²) in [6, 6.07) is 16.3. The van der Waals surface area contributed by atoms with Gasteiger partial charge >= 0.3 is 0 Å². The number of anilines is 1. The normalized spacial score (nSPS) is 13.4. The number of ether oxygens (including phenoxy) is 1. The number of amides is 1. The number of piperazine rings is 1. The molecular weight excluding hydrogens is 504 g/mol. The molecule has 1 fully saturated rings. The SMILES string of the molecule is COc1ccc(Cn2cc(-c3cc(-c4ccc(N5CCN(C(C)=O)CC5)nc4)c4c(C#N)cnn4c3)cn2)cc1. The van der Waals surface area contributed by atoms with Crippen LogP contribution in [-0.4, -0.2) is 68.5 Å². The van der Waals surface area contributed by atoms with Crippen LogP contribution in [0.15, 0.2) is 73.4 Å². The molecule has 5 aromatic rings. The van der Waals surface area contributed by atoms with Gasteiger partial charge in [-0.15, -0.1) is 0 Å². The highest BCUT2D eigenvalue weighted by Crippen LogP contribution is 2.32. The number of nitriles is 1. The smallest absolute Gasteiger partial charge is 0.219 e. The van der Waals surface area contributed by atoms with Crippen molar-refractivity contribution in [2.75, 3.05) is 38.2 Å². The molecule has 6 rings (SSSR count). The number of benzene rings is 1. The van der Waals surface area contributed by atoms with E-state index in [-0.39, 0.29) is 5.91 Å². The summed E-state index contributed by atoms with van der Waals surface area (Å²) in [5.41, 5.74) is 5.99. The van der Waals surface area contributed by atoms with E-state index in [4.69, 9.17) is 9.72 Å². The van der Waals surface area contributed by atoms with Crippen LogP contribution in [0.5, 0.6) is 5.75 Å². The van der Waals surface area contributed by atoms with Gasteiger partial charge in [0, 0.05) is 73.9 Å². The minimum Gasteiger partial charge on any atom is -0.497 e. The minimum absolute atomic E-state index is 0.104. The molecule has 10 heteroatoms. The predicted molar refractivity (Wildman–Crippen MR) is 151 cm³/mol. The Balaban J connectivity index is 1.30. The Morgan fingerprint density at radius 1 is 0.950 bits per heavy atom. The molecule has 0 N–H and O–H groups in total. The molecule has 0 spiro atoms. The van der Waals surface area contributed by atoms with E-state index in [9.17, 15) is 10.1 Å². The summed E-state index contributed by atoms with van der Waals surface area (Å²) in [5, 5.41) is 18.8. The Morgan fingerprint density at radius 2 is 1.75 bits per heavy atom. The summed E-state index contributed by atoms with van der Waals surface area (Å²) in [6.07, 6.45) is 9.20. The number of carbonyl (C=O) groups excluding carboxylic acids is 1. The van der Waals surface area contributed by atoms with Gasteiger partial charge in [-0.2, -0.15) is 15.5 Å². The molecule has 0 radical (unpaired) electrons. The Bertz CT molecular complexity index is 1710. The van der Waals surface area contributed by atoms with Crippen LogP contribution in [0.4, 0.5) is 5.82 Å². The third kappa shape index (κ3) is 4.85. The van der Waals surface area contributed by atoms with Crippen molar-refractivity contribution < 1.29 is 9.53 Å². The number of carbonyl (C=O) groups is 1. The van der Waals surface area contributed by atoms with Crippen molar-refractivity contribution in [3.05, 3.63) is 84.6 Å². The molecule has 0 atom stereocenters. The molecule has 5 heterocycles. The molecule has 1 aliphatic heterocycles. The van der Waals surface area contributed by atoms with Crippen LogP contribution in [0.25, 0.3) is 27.8 Å². The van der Waals surface area contributed by atoms with Crippen LogP contribution < -0.4 is 9.64 Å². The van der Waals surface area contributed by atoms with Crippen molar-refractivity contribution in [3.8, 4) is 34.1 Å². The topological polar surface area (TPSA) is 105 Å². The minimum atomic E-state index is 0.104. The number of hydrogen-bond donors (Lipinski definition) is 0. The number of fused-ring (bicyclic) bond motifs is 1. The number of rotatable bonds is 6. The Kier molecular flexibility index (Phi) is 6.62. The van der Waals surface area contributed by atoms with Crippen LogP contribution in [-0.2, 0) is 11.3 Å². The van der Waals surface area contributed by atoms with E-state index in [0.29, 0.717) is 25.2 Å². The van der Waals surface area contributed by atoms with E-state index in [1.807, 2.05) is 70.8 Å². The third-order valence-electron chi connectivity index (χ3n) is 7.31. The molecule has 10 nitrogen and oxygen atoms in total. The van der Waals surface area contributed by atoms with Crippen LogP contribution in [0.1, 0.15) is 18.1 Å². The first-order chi connectivity index (χ1) is 19.5. The predicted octanol–water partition coefficient (Wildman–Crippen LogP) is 3.86. The Labute approximate surface area is 231 Å². The summed E-state index contributed by atoms with van der Waals surface area (Å²) in [7, 11) is 1.65. The van der Waals surface area contributed by atoms with E-state index in [2.05, 4.69) is 27.2 Å². The van der Waals surface area contributed by atoms with Gasteiger partial charge in [-0.1, -0.05) is 12.1 Å². The largest absolute Gasteiger partial charge is 0.497 e. The molecule has 1 aromatic carbocycles. The number of methoxy groups -OCH3 is 1. The lowest BCUT2D eigenvalue weighted by molar-refractivity contribution is -0.129. The number of nitrogens with zero attached hydrogens (tertiary/aromatic N) is 8. The van der Waals surface area contributed by atoms with Gasteiger partial charge in [0.25, 0.3) is 0 Å². The van der Waals surface area contributed by atoms with E-state index >= 15 is 0 Å². The molecule has 1 saturated heterocycles. The van der Waals surface area contributed by atoms with E-state index in [1.54, 1.807) is 24.7 Å². The summed E-state index contributed by atoms with van der Waals surface area (Å²) in [4.78, 5) is 20.5. The van der Waals surface area contributed by atoms with Gasteiger partial charge in [-0.3, -0.25) is 9.48 Å². The number of pyridine rings is 2. The fourth-order valence-corrected chi connectivity index (χ4v) is 5.08. The Hall–Kier alpha value is -5.17. The first-order valence-corrected chi connectivity index (χ1v) is 13.1. The molecule has 40 heavy (non-hydrogen) atoms. The third-order valence-corrected chi connectivity index (χ3v) is 7.31. The van der Waals surface area contributed by atoms with Gasteiger partial charge < -0.3 is 14.5 Å². The second kappa shape index (κ2) is 10.5. The van der Waals surface area contributed by atoms with Crippen LogP contribution in [0.2, 0.25) is 0 Å². The molecule has 200 valence electrons. The van der Waals surface area contributed by atoms with E-state index in [0.717, 1.165) is 58.0 Å². The molecule has 0 aliphatic carbocycles. The average molecular weight is 533 g/mol. The van der Waals surface area contributed by atoms with Gasteiger partial charge in [0.1, 0.15) is 17.6 Å². The zero-order valence-corrected chi connectivity index (χ0v) is 22.4. The first kappa shape index (κ1) is 25.1. The number of hydrogen-bond acceptors (Lipinski definition) is 7.